The van der Waals surface area contributed by atoms with E-state index in [0.29, 0.717) is 36.9 Å². The maximum Gasteiger partial charge on any atom is 0.314 e. The van der Waals surface area contributed by atoms with Crippen LogP contribution in [0.5, 0.6) is 11.5 Å². The summed E-state index contributed by atoms with van der Waals surface area (Å²) < 4.78 is 11.2. The number of aliphatic carboxylic acids is 1. The quantitative estimate of drug-likeness (QED) is 0.856. The van der Waals surface area contributed by atoms with Crippen molar-refractivity contribution in [1.82, 2.24) is 0 Å². The van der Waals surface area contributed by atoms with Gasteiger partial charge in [0.1, 0.15) is 0 Å². The molecule has 0 radical (unpaired) electrons. The molecule has 4 nitrogen and oxygen atoms in total. The molecule has 0 atom stereocenters. The van der Waals surface area contributed by atoms with Gasteiger partial charge in [-0.25, -0.2) is 0 Å². The van der Waals surface area contributed by atoms with E-state index in [2.05, 4.69) is 0 Å². The van der Waals surface area contributed by atoms with Gasteiger partial charge in [0.25, 0.3) is 0 Å². The fourth-order valence-electron chi connectivity index (χ4n) is 2.41. The lowest BCUT2D eigenvalue weighted by Gasteiger charge is -2.18. The maximum atomic E-state index is 11.5. The van der Waals surface area contributed by atoms with Crippen molar-refractivity contribution < 1.29 is 19.4 Å². The minimum Gasteiger partial charge on any atom is -0.493 e. The minimum atomic E-state index is -0.767. The summed E-state index contributed by atoms with van der Waals surface area (Å²) in [6.45, 7) is 0.656. The Kier molecular flexibility index (Phi) is 2.88. The van der Waals surface area contributed by atoms with Gasteiger partial charge in [-0.2, -0.15) is 0 Å². The van der Waals surface area contributed by atoms with Crippen molar-refractivity contribution in [2.45, 2.75) is 31.1 Å². The predicted molar refractivity (Wildman–Crippen MR) is 69.8 cm³/mol. The standard InChI is InChI=1S/C15H18O4/c1-18-12-4-2-3-11(15(7-8-15)14(16)17)13(12)19-9-10-5-6-10/h2-4,10H,5-9H2,1H3,(H,16,17). The number of methoxy groups -OCH3 is 1. The Hall–Kier alpha value is -1.71. The van der Waals surface area contributed by atoms with Crippen molar-refractivity contribution in [2.75, 3.05) is 13.7 Å². The van der Waals surface area contributed by atoms with E-state index in [4.69, 9.17) is 9.47 Å². The number of carboxylic acids is 1. The third-order valence-electron chi connectivity index (χ3n) is 4.03. The summed E-state index contributed by atoms with van der Waals surface area (Å²) in [6.07, 6.45) is 3.76. The number of para-hydroxylation sites is 1. The van der Waals surface area contributed by atoms with Crippen LogP contribution >= 0.6 is 0 Å². The molecule has 19 heavy (non-hydrogen) atoms. The molecule has 0 aromatic heterocycles. The second-order valence-corrected chi connectivity index (χ2v) is 5.48. The van der Waals surface area contributed by atoms with Crippen LogP contribution in [0, 0.1) is 5.92 Å². The third-order valence-corrected chi connectivity index (χ3v) is 4.03. The van der Waals surface area contributed by atoms with Gasteiger partial charge < -0.3 is 14.6 Å². The van der Waals surface area contributed by atoms with E-state index in [1.165, 1.54) is 12.8 Å². The zero-order valence-electron chi connectivity index (χ0n) is 11.0. The monoisotopic (exact) mass is 262 g/mol. The van der Waals surface area contributed by atoms with Crippen molar-refractivity contribution in [3.63, 3.8) is 0 Å². The molecular formula is C15H18O4. The van der Waals surface area contributed by atoms with Gasteiger partial charge in [0.15, 0.2) is 11.5 Å². The predicted octanol–water partition coefficient (Wildman–Crippen LogP) is 2.60. The highest BCUT2D eigenvalue weighted by Gasteiger charge is 2.53. The Labute approximate surface area is 112 Å². The van der Waals surface area contributed by atoms with E-state index >= 15 is 0 Å². The third kappa shape index (κ3) is 2.15. The molecule has 1 N–H and O–H groups in total. The molecule has 0 unspecified atom stereocenters. The van der Waals surface area contributed by atoms with Crippen LogP contribution in [0.4, 0.5) is 0 Å². The van der Waals surface area contributed by atoms with Crippen LogP contribution in [-0.2, 0) is 10.2 Å². The maximum absolute atomic E-state index is 11.5. The molecule has 0 heterocycles. The van der Waals surface area contributed by atoms with Crippen molar-refractivity contribution >= 4 is 5.97 Å². The van der Waals surface area contributed by atoms with Gasteiger partial charge in [0.05, 0.1) is 19.1 Å². The van der Waals surface area contributed by atoms with Crippen LogP contribution in [0.25, 0.3) is 0 Å². The molecule has 4 heteroatoms. The van der Waals surface area contributed by atoms with Crippen LogP contribution in [0.3, 0.4) is 0 Å². The number of benzene rings is 1. The Bertz CT molecular complexity index is 501. The van der Waals surface area contributed by atoms with Crippen molar-refractivity contribution in [3.8, 4) is 11.5 Å². The molecule has 2 fully saturated rings. The van der Waals surface area contributed by atoms with Crippen LogP contribution in [0.2, 0.25) is 0 Å². The Balaban J connectivity index is 1.95. The first kappa shape index (κ1) is 12.3. The SMILES string of the molecule is COc1cccc(C2(C(=O)O)CC2)c1OCC1CC1. The molecule has 2 saturated carbocycles. The van der Waals surface area contributed by atoms with E-state index in [9.17, 15) is 9.90 Å². The molecule has 102 valence electrons. The fourth-order valence-corrected chi connectivity index (χ4v) is 2.41. The first-order valence-electron chi connectivity index (χ1n) is 6.71. The number of rotatable bonds is 6. The minimum absolute atomic E-state index is 0.622. The molecule has 0 saturated heterocycles. The molecule has 0 amide bonds. The highest BCUT2D eigenvalue weighted by molar-refractivity contribution is 5.86. The molecule has 1 aromatic rings. The second-order valence-electron chi connectivity index (χ2n) is 5.48. The van der Waals surface area contributed by atoms with Gasteiger partial charge in [-0.15, -0.1) is 0 Å². The highest BCUT2D eigenvalue weighted by atomic mass is 16.5. The molecule has 2 aliphatic carbocycles. The summed E-state index contributed by atoms with van der Waals surface area (Å²) in [5.74, 6) is 1.11. The Morgan fingerprint density at radius 2 is 2.16 bits per heavy atom. The van der Waals surface area contributed by atoms with E-state index < -0.39 is 11.4 Å². The molecule has 1 aromatic carbocycles. The number of carbonyl (C=O) groups is 1. The lowest BCUT2D eigenvalue weighted by Crippen LogP contribution is -2.21. The average Bonchev–Trinajstić information content (AvgIpc) is 3.28. The van der Waals surface area contributed by atoms with Crippen LogP contribution < -0.4 is 9.47 Å². The first-order valence-corrected chi connectivity index (χ1v) is 6.71. The largest absolute Gasteiger partial charge is 0.493 e. The van der Waals surface area contributed by atoms with E-state index in [0.717, 1.165) is 5.56 Å². The van der Waals surface area contributed by atoms with E-state index in [1.54, 1.807) is 7.11 Å². The summed E-state index contributed by atoms with van der Waals surface area (Å²) in [4.78, 5) is 11.5. The van der Waals surface area contributed by atoms with Crippen LogP contribution in [0.1, 0.15) is 31.2 Å². The van der Waals surface area contributed by atoms with Crippen molar-refractivity contribution in [3.05, 3.63) is 23.8 Å². The van der Waals surface area contributed by atoms with Crippen LogP contribution in [0.15, 0.2) is 18.2 Å². The second kappa shape index (κ2) is 4.44. The van der Waals surface area contributed by atoms with Crippen molar-refractivity contribution in [1.29, 1.82) is 0 Å². The lowest BCUT2D eigenvalue weighted by molar-refractivity contribution is -0.140. The molecular weight excluding hydrogens is 244 g/mol. The highest BCUT2D eigenvalue weighted by Crippen LogP contribution is 2.53. The zero-order chi connectivity index (χ0) is 13.5. The number of hydrogen-bond donors (Lipinski definition) is 1. The van der Waals surface area contributed by atoms with Gasteiger partial charge in [-0.3, -0.25) is 4.79 Å². The van der Waals surface area contributed by atoms with Crippen molar-refractivity contribution in [2.24, 2.45) is 5.92 Å². The van der Waals surface area contributed by atoms with E-state index in [1.807, 2.05) is 18.2 Å². The summed E-state index contributed by atoms with van der Waals surface area (Å²) in [6, 6.07) is 5.51. The Morgan fingerprint density at radius 1 is 1.42 bits per heavy atom. The van der Waals surface area contributed by atoms with Gasteiger partial charge in [0, 0.05) is 5.56 Å². The molecule has 3 rings (SSSR count). The van der Waals surface area contributed by atoms with Crippen LogP contribution in [-0.4, -0.2) is 24.8 Å². The number of carboxylic acid groups (broad SMARTS) is 1. The Morgan fingerprint density at radius 3 is 2.68 bits per heavy atom. The number of hydrogen-bond acceptors (Lipinski definition) is 3. The topological polar surface area (TPSA) is 55.8 Å². The van der Waals surface area contributed by atoms with Gasteiger partial charge >= 0.3 is 5.97 Å². The molecule has 0 bridgehead atoms. The summed E-state index contributed by atoms with van der Waals surface area (Å²) in [5, 5.41) is 9.44. The summed E-state index contributed by atoms with van der Waals surface area (Å²) >= 11 is 0. The fraction of sp³-hybridized carbons (Fsp3) is 0.533. The number of ether oxygens (including phenoxy) is 2. The smallest absolute Gasteiger partial charge is 0.314 e. The zero-order valence-corrected chi connectivity index (χ0v) is 11.0. The first-order chi connectivity index (χ1) is 9.17. The molecule has 0 aliphatic heterocycles. The van der Waals surface area contributed by atoms with Gasteiger partial charge in [0.2, 0.25) is 0 Å². The van der Waals surface area contributed by atoms with Gasteiger partial charge in [-0.1, -0.05) is 12.1 Å². The van der Waals surface area contributed by atoms with Gasteiger partial charge in [-0.05, 0) is 37.7 Å². The summed E-state index contributed by atoms with van der Waals surface area (Å²) in [5.41, 5.74) is 0.00737. The normalized spacial score (nSPS) is 19.8. The molecule has 0 spiro atoms. The summed E-state index contributed by atoms with van der Waals surface area (Å²) in [7, 11) is 1.59. The molecule has 2 aliphatic rings. The van der Waals surface area contributed by atoms with E-state index in [-0.39, 0.29) is 0 Å². The average molecular weight is 262 g/mol. The lowest BCUT2D eigenvalue weighted by atomic mass is 9.95.